The van der Waals surface area contributed by atoms with Gasteiger partial charge in [-0.1, -0.05) is 6.92 Å². The molecule has 17 heavy (non-hydrogen) atoms. The second-order valence-corrected chi connectivity index (χ2v) is 5.55. The van der Waals surface area contributed by atoms with Gasteiger partial charge >= 0.3 is 0 Å². The third kappa shape index (κ3) is 2.80. The minimum absolute atomic E-state index is 0.0160. The topological polar surface area (TPSA) is 44.5 Å². The molecule has 0 saturated carbocycles. The summed E-state index contributed by atoms with van der Waals surface area (Å²) in [6.45, 7) is 1.99. The minimum atomic E-state index is -0.181. The van der Waals surface area contributed by atoms with E-state index < -0.39 is 0 Å². The minimum Gasteiger partial charge on any atom is -0.496 e. The van der Waals surface area contributed by atoms with Gasteiger partial charge < -0.3 is 15.2 Å². The van der Waals surface area contributed by atoms with Gasteiger partial charge in [-0.15, -0.1) is 0 Å². The van der Waals surface area contributed by atoms with Crippen molar-refractivity contribution in [3.8, 4) is 11.5 Å². The van der Waals surface area contributed by atoms with Crippen LogP contribution < -0.4 is 15.2 Å². The molecule has 1 atom stereocenters. The van der Waals surface area contributed by atoms with Crippen molar-refractivity contribution in [1.82, 2.24) is 0 Å². The van der Waals surface area contributed by atoms with E-state index in [1.54, 1.807) is 14.2 Å². The number of hydrogen-bond acceptors (Lipinski definition) is 3. The lowest BCUT2D eigenvalue weighted by atomic mass is 9.47. The first-order chi connectivity index (χ1) is 7.84. The highest BCUT2D eigenvalue weighted by molar-refractivity contribution is 9.10. The van der Waals surface area contributed by atoms with Crippen LogP contribution in [0.2, 0.25) is 0 Å². The lowest BCUT2D eigenvalue weighted by Gasteiger charge is -2.31. The lowest BCUT2D eigenvalue weighted by Crippen LogP contribution is -2.44. The van der Waals surface area contributed by atoms with E-state index in [0.29, 0.717) is 0 Å². The highest BCUT2D eigenvalue weighted by Gasteiger charge is 2.29. The van der Waals surface area contributed by atoms with Crippen molar-refractivity contribution in [3.05, 3.63) is 22.2 Å². The van der Waals surface area contributed by atoms with Crippen LogP contribution in [0.25, 0.3) is 0 Å². The van der Waals surface area contributed by atoms with E-state index in [-0.39, 0.29) is 11.3 Å². The SMILES string of the molecule is BC(B)(c1cc(OC)c(Br)cc1OC)[C@@H](C)N. The summed E-state index contributed by atoms with van der Waals surface area (Å²) in [5.74, 6) is 1.61. The molecule has 1 rings (SSSR count). The van der Waals surface area contributed by atoms with Crippen LogP contribution in [0.3, 0.4) is 0 Å². The summed E-state index contributed by atoms with van der Waals surface area (Å²) in [5.41, 5.74) is 7.10. The molecular formula is C11H18B2BrNO2. The molecule has 0 spiro atoms. The first kappa shape index (κ1) is 14.5. The maximum Gasteiger partial charge on any atom is 0.133 e. The zero-order valence-electron chi connectivity index (χ0n) is 11.0. The van der Waals surface area contributed by atoms with Crippen LogP contribution in [-0.4, -0.2) is 36.0 Å². The van der Waals surface area contributed by atoms with Gasteiger partial charge in [0.1, 0.15) is 27.2 Å². The highest BCUT2D eigenvalue weighted by atomic mass is 79.9. The molecule has 0 amide bonds. The Morgan fingerprint density at radius 3 is 2.18 bits per heavy atom. The summed E-state index contributed by atoms with van der Waals surface area (Å²) in [6.07, 6.45) is 0. The van der Waals surface area contributed by atoms with Gasteiger partial charge in [-0.2, -0.15) is 0 Å². The molecule has 0 aromatic heterocycles. The van der Waals surface area contributed by atoms with Crippen molar-refractivity contribution in [1.29, 1.82) is 0 Å². The van der Waals surface area contributed by atoms with Crippen molar-refractivity contribution in [3.63, 3.8) is 0 Å². The van der Waals surface area contributed by atoms with E-state index in [0.717, 1.165) is 21.5 Å². The van der Waals surface area contributed by atoms with Crippen molar-refractivity contribution >= 4 is 31.6 Å². The molecule has 0 aliphatic heterocycles. The number of rotatable bonds is 4. The molecule has 0 aliphatic rings. The van der Waals surface area contributed by atoms with Crippen LogP contribution in [0.1, 0.15) is 12.5 Å². The maximum absolute atomic E-state index is 6.05. The Bertz CT molecular complexity index is 411. The molecule has 92 valence electrons. The van der Waals surface area contributed by atoms with E-state index in [1.165, 1.54) is 0 Å². The molecule has 0 aliphatic carbocycles. The summed E-state index contributed by atoms with van der Waals surface area (Å²) in [4.78, 5) is 0. The molecular weight excluding hydrogens is 280 g/mol. The summed E-state index contributed by atoms with van der Waals surface area (Å²) in [5, 5.41) is -0.181. The number of benzene rings is 1. The van der Waals surface area contributed by atoms with Crippen molar-refractivity contribution in [2.45, 2.75) is 18.2 Å². The largest absolute Gasteiger partial charge is 0.496 e. The average molecular weight is 298 g/mol. The Labute approximate surface area is 113 Å². The van der Waals surface area contributed by atoms with Gasteiger partial charge in [-0.25, -0.2) is 0 Å². The zero-order valence-corrected chi connectivity index (χ0v) is 12.6. The van der Waals surface area contributed by atoms with Crippen molar-refractivity contribution in [2.24, 2.45) is 5.73 Å². The molecule has 0 bridgehead atoms. The van der Waals surface area contributed by atoms with Gasteiger partial charge in [0.2, 0.25) is 0 Å². The lowest BCUT2D eigenvalue weighted by molar-refractivity contribution is 0.393. The fraction of sp³-hybridized carbons (Fsp3) is 0.455. The fourth-order valence-electron chi connectivity index (χ4n) is 1.61. The summed E-state index contributed by atoms with van der Waals surface area (Å²) < 4.78 is 11.6. The number of ether oxygens (including phenoxy) is 2. The molecule has 1 aromatic rings. The monoisotopic (exact) mass is 297 g/mol. The Morgan fingerprint density at radius 2 is 1.76 bits per heavy atom. The van der Waals surface area contributed by atoms with Gasteiger partial charge in [0.25, 0.3) is 0 Å². The molecule has 0 heterocycles. The predicted octanol–water partition coefficient (Wildman–Crippen LogP) is 0.232. The first-order valence-electron chi connectivity index (χ1n) is 5.52. The molecule has 6 heteroatoms. The second-order valence-electron chi connectivity index (χ2n) is 4.70. The van der Waals surface area contributed by atoms with Gasteiger partial charge in [-0.3, -0.25) is 0 Å². The number of halogens is 1. The van der Waals surface area contributed by atoms with E-state index >= 15 is 0 Å². The Kier molecular flexibility index (Phi) is 4.55. The normalized spacial score (nSPS) is 13.2. The van der Waals surface area contributed by atoms with Crippen molar-refractivity contribution in [2.75, 3.05) is 14.2 Å². The molecule has 0 unspecified atom stereocenters. The van der Waals surface area contributed by atoms with Crippen LogP contribution in [-0.2, 0) is 5.21 Å². The average Bonchev–Trinajstić information content (AvgIpc) is 2.27. The van der Waals surface area contributed by atoms with E-state index in [1.807, 2.05) is 19.1 Å². The predicted molar refractivity (Wildman–Crippen MR) is 79.7 cm³/mol. The Morgan fingerprint density at radius 1 is 1.24 bits per heavy atom. The number of methoxy groups -OCH3 is 2. The van der Waals surface area contributed by atoms with Crippen LogP contribution in [0, 0.1) is 0 Å². The first-order valence-corrected chi connectivity index (χ1v) is 6.31. The molecule has 0 fully saturated rings. The van der Waals surface area contributed by atoms with Crippen LogP contribution in [0.4, 0.5) is 0 Å². The van der Waals surface area contributed by atoms with E-state index in [4.69, 9.17) is 15.2 Å². The van der Waals surface area contributed by atoms with Crippen LogP contribution >= 0.6 is 15.9 Å². The fourth-order valence-corrected chi connectivity index (χ4v) is 2.09. The van der Waals surface area contributed by atoms with Gasteiger partial charge in [0.15, 0.2) is 0 Å². The Balaban J connectivity index is 3.40. The third-order valence-electron chi connectivity index (χ3n) is 3.31. The molecule has 0 saturated heterocycles. The molecule has 1 aromatic carbocycles. The smallest absolute Gasteiger partial charge is 0.133 e. The summed E-state index contributed by atoms with van der Waals surface area (Å²) in [7, 11) is 7.51. The van der Waals surface area contributed by atoms with E-state index in [2.05, 4.69) is 31.6 Å². The third-order valence-corrected chi connectivity index (χ3v) is 3.93. The summed E-state index contributed by atoms with van der Waals surface area (Å²) in [6, 6.07) is 3.91. The number of nitrogens with two attached hydrogens (primary N) is 1. The zero-order chi connectivity index (χ0) is 13.2. The molecule has 3 nitrogen and oxygen atoms in total. The quantitative estimate of drug-likeness (QED) is 0.810. The molecule has 0 radical (unpaired) electrons. The highest BCUT2D eigenvalue weighted by Crippen LogP contribution is 2.37. The summed E-state index contributed by atoms with van der Waals surface area (Å²) >= 11 is 3.45. The Hall–Kier alpha value is -0.610. The standard InChI is InChI=1S/C11H18B2BrNO2/c1-6(15)11(12,13)7-4-10(17-3)8(14)5-9(7)16-2/h4-6H,12-13,15H2,1-3H3/t6-/m1/s1. The van der Waals surface area contributed by atoms with Gasteiger partial charge in [0.05, 0.1) is 18.7 Å². The second kappa shape index (κ2) is 5.36. The number of hydrogen-bond donors (Lipinski definition) is 1. The van der Waals surface area contributed by atoms with Gasteiger partial charge in [-0.05, 0) is 44.9 Å². The van der Waals surface area contributed by atoms with Crippen molar-refractivity contribution < 1.29 is 9.47 Å². The van der Waals surface area contributed by atoms with E-state index in [9.17, 15) is 0 Å². The van der Waals surface area contributed by atoms with Crippen LogP contribution in [0.5, 0.6) is 11.5 Å². The maximum atomic E-state index is 6.05. The molecule has 2 N–H and O–H groups in total. The van der Waals surface area contributed by atoms with Crippen LogP contribution in [0.15, 0.2) is 16.6 Å². The van der Waals surface area contributed by atoms with Gasteiger partial charge in [0, 0.05) is 0 Å².